The van der Waals surface area contributed by atoms with Gasteiger partial charge in [0.1, 0.15) is 5.69 Å². The smallest absolute Gasteiger partial charge is 0.330 e. The van der Waals surface area contributed by atoms with Crippen LogP contribution in [0.2, 0.25) is 0 Å². The second-order valence-electron chi connectivity index (χ2n) is 15.0. The van der Waals surface area contributed by atoms with E-state index in [1.165, 1.54) is 41.9 Å². The summed E-state index contributed by atoms with van der Waals surface area (Å²) in [7, 11) is -0.113. The van der Waals surface area contributed by atoms with E-state index in [4.69, 9.17) is 9.98 Å². The predicted octanol–water partition coefficient (Wildman–Crippen LogP) is 10.9. The van der Waals surface area contributed by atoms with Crippen LogP contribution in [0.3, 0.4) is 0 Å². The number of hydrazine groups is 1. The van der Waals surface area contributed by atoms with E-state index in [2.05, 4.69) is 43.3 Å². The molecule has 0 amide bonds. The lowest BCUT2D eigenvalue weighted by Gasteiger charge is -2.59. The highest BCUT2D eigenvalue weighted by molar-refractivity contribution is 8.40. The van der Waals surface area contributed by atoms with Gasteiger partial charge in [-0.15, -0.1) is 16.8 Å². The van der Waals surface area contributed by atoms with Crippen molar-refractivity contribution in [3.63, 3.8) is 0 Å². The predicted molar refractivity (Wildman–Crippen MR) is 209 cm³/mol. The van der Waals surface area contributed by atoms with Crippen molar-refractivity contribution in [1.29, 1.82) is 0 Å². The van der Waals surface area contributed by atoms with Crippen molar-refractivity contribution in [2.75, 3.05) is 28.4 Å². The summed E-state index contributed by atoms with van der Waals surface area (Å²) in [6.45, 7) is 13.2. The van der Waals surface area contributed by atoms with Crippen LogP contribution in [0.15, 0.2) is 77.4 Å². The lowest BCUT2D eigenvalue weighted by atomic mass is 9.67. The van der Waals surface area contributed by atoms with Gasteiger partial charge in [-0.3, -0.25) is 4.99 Å². The topological polar surface area (TPSA) is 69.4 Å². The van der Waals surface area contributed by atoms with Crippen LogP contribution in [-0.4, -0.2) is 44.7 Å². The molecule has 2 saturated heterocycles. The van der Waals surface area contributed by atoms with Gasteiger partial charge in [0.25, 0.3) is 0 Å². The Morgan fingerprint density at radius 2 is 1.94 bits per heavy atom. The Balaban J connectivity index is 1.29. The minimum Gasteiger partial charge on any atom is -0.351 e. The minimum atomic E-state index is -0.801. The summed E-state index contributed by atoms with van der Waals surface area (Å²) in [5, 5.41) is 4.40. The molecule has 6 nitrogen and oxygen atoms in total. The summed E-state index contributed by atoms with van der Waals surface area (Å²) in [4.78, 5) is 24.5. The summed E-state index contributed by atoms with van der Waals surface area (Å²) in [5.74, 6) is 5.52. The number of hydrogen-bond acceptors (Lipinski definition) is 4. The number of amidine groups is 1. The number of halogens is 2. The number of aromatic nitrogens is 1. The first-order valence-corrected chi connectivity index (χ1v) is 21.2. The molecule has 2 aliphatic heterocycles. The van der Waals surface area contributed by atoms with Crippen LogP contribution in [0, 0.1) is 16.1 Å². The quantitative estimate of drug-likeness (QED) is 0.0540. The SMILES string of the molecule is C=C/C(F)=C(\C(C)=C/C)[N+](=O)Nc1cccc(-c2nc(C3(C)CCCC3)sc2C(/C=C\NC(C)=NC2CC3(C2)CS2(CC2)C3)=C\CCC)c1F. The molecule has 2 spiro atoms. The molecule has 4 fully saturated rings. The number of anilines is 1. The first kappa shape index (κ1) is 36.4. The van der Waals surface area contributed by atoms with Gasteiger partial charge in [-0.1, -0.05) is 57.9 Å². The number of thiazole rings is 1. The van der Waals surface area contributed by atoms with Crippen molar-refractivity contribution in [3.8, 4) is 11.3 Å². The maximum Gasteiger partial charge on any atom is 0.330 e. The Hall–Kier alpha value is -3.37. The second kappa shape index (κ2) is 14.7. The fourth-order valence-electron chi connectivity index (χ4n) is 8.00. The number of hydrogen-bond donors (Lipinski definition) is 2. The zero-order valence-electron chi connectivity index (χ0n) is 30.2. The molecule has 50 heavy (non-hydrogen) atoms. The molecule has 0 radical (unpaired) electrons. The molecule has 6 rings (SSSR count). The number of allylic oxidation sites excluding steroid dienone is 7. The van der Waals surface area contributed by atoms with Gasteiger partial charge >= 0.3 is 5.70 Å². The summed E-state index contributed by atoms with van der Waals surface area (Å²) >= 11 is 1.63. The van der Waals surface area contributed by atoms with Gasteiger partial charge in [0.15, 0.2) is 10.7 Å². The zero-order chi connectivity index (χ0) is 35.7. The van der Waals surface area contributed by atoms with E-state index in [0.29, 0.717) is 22.7 Å². The first-order valence-electron chi connectivity index (χ1n) is 18.1. The number of nitrogens with one attached hydrogen (secondary N) is 2. The van der Waals surface area contributed by atoms with E-state index in [1.807, 2.05) is 13.1 Å². The van der Waals surface area contributed by atoms with Gasteiger partial charge in [0.05, 0.1) is 32.4 Å². The van der Waals surface area contributed by atoms with Crippen molar-refractivity contribution < 1.29 is 13.6 Å². The molecule has 0 atom stereocenters. The monoisotopic (exact) mass is 720 g/mol. The van der Waals surface area contributed by atoms with Crippen molar-refractivity contribution in [3.05, 3.63) is 93.0 Å². The molecule has 2 aromatic rings. The molecular weight excluding hydrogens is 669 g/mol. The van der Waals surface area contributed by atoms with Gasteiger partial charge in [0, 0.05) is 22.8 Å². The van der Waals surface area contributed by atoms with Crippen LogP contribution in [0.1, 0.15) is 95.9 Å². The highest BCUT2D eigenvalue weighted by Gasteiger charge is 2.61. The molecule has 3 heterocycles. The number of aliphatic imine (C=N–C) groups is 1. The molecule has 1 aromatic heterocycles. The first-order chi connectivity index (χ1) is 23.9. The summed E-state index contributed by atoms with van der Waals surface area (Å²) < 4.78 is 31.2. The van der Waals surface area contributed by atoms with Gasteiger partial charge in [-0.05, 0) is 111 Å². The Morgan fingerprint density at radius 3 is 2.58 bits per heavy atom. The van der Waals surface area contributed by atoms with Gasteiger partial charge in [-0.25, -0.2) is 19.4 Å². The fourth-order valence-corrected chi connectivity index (χ4v) is 13.8. The Bertz CT molecular complexity index is 1790. The molecule has 0 bridgehead atoms. The van der Waals surface area contributed by atoms with Crippen molar-refractivity contribution in [2.24, 2.45) is 10.4 Å². The third-order valence-corrected chi connectivity index (χ3v) is 16.4. The van der Waals surface area contributed by atoms with Crippen molar-refractivity contribution >= 4 is 38.5 Å². The average Bonchev–Trinajstić information content (AvgIpc) is 3.50. The molecule has 4 aliphatic rings. The summed E-state index contributed by atoms with van der Waals surface area (Å²) in [6.07, 6.45) is 17.4. The Morgan fingerprint density at radius 1 is 1.22 bits per heavy atom. The third kappa shape index (κ3) is 7.47. The zero-order valence-corrected chi connectivity index (χ0v) is 31.8. The lowest BCUT2D eigenvalue weighted by Crippen LogP contribution is -2.53. The molecule has 2 N–H and O–H groups in total. The number of unbranched alkanes of at least 4 members (excludes halogenated alkanes) is 1. The van der Waals surface area contributed by atoms with E-state index in [1.54, 1.807) is 43.4 Å². The van der Waals surface area contributed by atoms with Crippen molar-refractivity contribution in [2.45, 2.75) is 97.4 Å². The minimum absolute atomic E-state index is 0.0696. The summed E-state index contributed by atoms with van der Waals surface area (Å²) in [5.41, 5.74) is 4.93. The van der Waals surface area contributed by atoms with Crippen molar-refractivity contribution in [1.82, 2.24) is 10.3 Å². The van der Waals surface area contributed by atoms with E-state index in [-0.39, 0.29) is 37.3 Å². The van der Waals surface area contributed by atoms with E-state index >= 15 is 4.39 Å². The highest BCUT2D eigenvalue weighted by atomic mass is 32.3. The number of nitrogens with zero attached hydrogens (tertiary/aromatic N) is 3. The largest absolute Gasteiger partial charge is 0.351 e. The molecule has 2 aliphatic carbocycles. The maximum atomic E-state index is 16.5. The average molecular weight is 721 g/mol. The van der Waals surface area contributed by atoms with Crippen LogP contribution >= 0.6 is 21.4 Å². The molecule has 1 aromatic carbocycles. The van der Waals surface area contributed by atoms with Gasteiger partial charge in [-0.2, -0.15) is 4.39 Å². The normalized spacial score (nSPS) is 22.3. The van der Waals surface area contributed by atoms with Gasteiger partial charge in [0.2, 0.25) is 5.83 Å². The van der Waals surface area contributed by atoms with Crippen LogP contribution in [0.4, 0.5) is 14.5 Å². The fraction of sp³-hybridized carbons (Fsp3) is 0.500. The van der Waals surface area contributed by atoms with E-state index in [9.17, 15) is 9.30 Å². The number of rotatable bonds is 13. The molecule has 2 saturated carbocycles. The van der Waals surface area contributed by atoms with Crippen LogP contribution < -0.4 is 10.7 Å². The maximum absolute atomic E-state index is 16.5. The van der Waals surface area contributed by atoms with E-state index < -0.39 is 11.6 Å². The van der Waals surface area contributed by atoms with Gasteiger partial charge < -0.3 is 5.32 Å². The number of benzene rings is 1. The molecule has 268 valence electrons. The Labute approximate surface area is 301 Å². The molecule has 10 heteroatoms. The standard InChI is InChI=1S/C40H52F2N5OS2/c1-7-10-14-29(17-20-43-28(5)44-30-23-40(24-30)25-50(26-40)21-22-50)37-35(45-38(49-37)39(6)18-11-12-19-39)31-15-13-16-33(34(31)42)46-47(48)36(27(4)8-2)32(41)9-3/h8-9,13-17,20,30H,3,7,10-12,18-19,21-26H2,1-2,4-6H3,(H,43,44)(H,46,48)/q+1/b20-17-,27-8-,29-14-,36-32-. The van der Waals surface area contributed by atoms with Crippen LogP contribution in [0.25, 0.3) is 16.8 Å². The lowest BCUT2D eigenvalue weighted by molar-refractivity contribution is -0.463. The Kier molecular flexibility index (Phi) is 10.7. The third-order valence-electron chi connectivity index (χ3n) is 10.9. The summed E-state index contributed by atoms with van der Waals surface area (Å²) in [6, 6.07) is 5.28. The molecular formula is C40H52F2N5OS2+. The second-order valence-corrected chi connectivity index (χ2v) is 19.9. The molecule has 0 unspecified atom stereocenters. The van der Waals surface area contributed by atoms with E-state index in [0.717, 1.165) is 65.9 Å². The highest BCUT2D eigenvalue weighted by Crippen LogP contribution is 2.78. The van der Waals surface area contributed by atoms with Crippen LogP contribution in [-0.2, 0) is 5.41 Å². The van der Waals surface area contributed by atoms with Crippen LogP contribution in [0.5, 0.6) is 0 Å². The number of nitroso groups, excluding NO2 is 1.